The summed E-state index contributed by atoms with van der Waals surface area (Å²) in [4.78, 5) is 12.8. The molecule has 1 heterocycles. The van der Waals surface area contributed by atoms with E-state index in [2.05, 4.69) is 12.2 Å². The second-order valence-electron chi connectivity index (χ2n) is 6.90. The van der Waals surface area contributed by atoms with Crippen molar-refractivity contribution in [3.63, 3.8) is 0 Å². The number of benzene rings is 2. The van der Waals surface area contributed by atoms with Crippen LogP contribution in [0, 0.1) is 5.92 Å². The lowest BCUT2D eigenvalue weighted by molar-refractivity contribution is 0.103. The normalized spacial score (nSPS) is 17.8. The van der Waals surface area contributed by atoms with E-state index < -0.39 is 0 Å². The van der Waals surface area contributed by atoms with Gasteiger partial charge in [-0.15, -0.1) is 0 Å². The second kappa shape index (κ2) is 8.23. The van der Waals surface area contributed by atoms with Gasteiger partial charge in [0, 0.05) is 23.6 Å². The van der Waals surface area contributed by atoms with Crippen molar-refractivity contribution < 1.29 is 9.53 Å². The standard InChI is InChI=1S/C21H27N3O2/c1-2-4-20(16-9-10-24-13-16)26-17-6-3-5-14(11-17)21(25)15-7-8-18(22)19(23)12-15/h3,5-8,11-12,16,20,24H,2,4,9-10,13,22-23H2,1H3. The molecular weight excluding hydrogens is 326 g/mol. The Bertz CT molecular complexity index is 770. The smallest absolute Gasteiger partial charge is 0.193 e. The zero-order chi connectivity index (χ0) is 18.5. The van der Waals surface area contributed by atoms with Gasteiger partial charge in [-0.2, -0.15) is 0 Å². The number of anilines is 2. The molecule has 5 heteroatoms. The van der Waals surface area contributed by atoms with Crippen molar-refractivity contribution in [1.29, 1.82) is 0 Å². The Morgan fingerprint density at radius 2 is 2.00 bits per heavy atom. The highest BCUT2D eigenvalue weighted by Gasteiger charge is 2.26. The Morgan fingerprint density at radius 1 is 1.19 bits per heavy atom. The summed E-state index contributed by atoms with van der Waals surface area (Å²) in [5.41, 5.74) is 13.6. The third-order valence-electron chi connectivity index (χ3n) is 4.93. The zero-order valence-corrected chi connectivity index (χ0v) is 15.2. The maximum absolute atomic E-state index is 12.8. The van der Waals surface area contributed by atoms with E-state index in [-0.39, 0.29) is 11.9 Å². The molecule has 1 fully saturated rings. The molecule has 5 N–H and O–H groups in total. The first-order chi connectivity index (χ1) is 12.6. The van der Waals surface area contributed by atoms with Gasteiger partial charge in [0.2, 0.25) is 0 Å². The predicted octanol–water partition coefficient (Wildman–Crippen LogP) is 3.24. The molecule has 2 aromatic carbocycles. The van der Waals surface area contributed by atoms with Crippen LogP contribution >= 0.6 is 0 Å². The lowest BCUT2D eigenvalue weighted by atomic mass is 9.97. The molecule has 0 bridgehead atoms. The van der Waals surface area contributed by atoms with Crippen LogP contribution in [0.1, 0.15) is 42.1 Å². The van der Waals surface area contributed by atoms with Crippen molar-refractivity contribution in [2.45, 2.75) is 32.3 Å². The number of nitrogens with one attached hydrogen (secondary N) is 1. The van der Waals surface area contributed by atoms with Crippen LogP contribution < -0.4 is 21.5 Å². The van der Waals surface area contributed by atoms with Crippen LogP contribution in [-0.4, -0.2) is 25.0 Å². The van der Waals surface area contributed by atoms with Gasteiger partial charge in [-0.3, -0.25) is 4.79 Å². The van der Waals surface area contributed by atoms with Gasteiger partial charge in [0.05, 0.1) is 11.4 Å². The number of hydrogen-bond donors (Lipinski definition) is 3. The summed E-state index contributed by atoms with van der Waals surface area (Å²) in [6.45, 7) is 4.21. The van der Waals surface area contributed by atoms with E-state index in [1.54, 1.807) is 24.3 Å². The quantitative estimate of drug-likeness (QED) is 0.525. The molecule has 1 aliphatic rings. The summed E-state index contributed by atoms with van der Waals surface area (Å²) in [5.74, 6) is 1.17. The first-order valence-corrected chi connectivity index (χ1v) is 9.25. The van der Waals surface area contributed by atoms with Gasteiger partial charge in [-0.1, -0.05) is 25.5 Å². The Morgan fingerprint density at radius 3 is 2.69 bits per heavy atom. The Hall–Kier alpha value is -2.53. The van der Waals surface area contributed by atoms with E-state index in [0.29, 0.717) is 28.4 Å². The average Bonchev–Trinajstić information content (AvgIpc) is 3.18. The number of ketones is 1. The Balaban J connectivity index is 1.78. The van der Waals surface area contributed by atoms with E-state index >= 15 is 0 Å². The number of hydrogen-bond acceptors (Lipinski definition) is 5. The molecule has 5 nitrogen and oxygen atoms in total. The fourth-order valence-electron chi connectivity index (χ4n) is 3.44. The monoisotopic (exact) mass is 353 g/mol. The van der Waals surface area contributed by atoms with E-state index in [1.165, 1.54) is 0 Å². The van der Waals surface area contributed by atoms with Crippen LogP contribution in [0.3, 0.4) is 0 Å². The van der Waals surface area contributed by atoms with Crippen molar-refractivity contribution in [3.05, 3.63) is 53.6 Å². The lowest BCUT2D eigenvalue weighted by Gasteiger charge is -2.24. The van der Waals surface area contributed by atoms with Gasteiger partial charge in [0.25, 0.3) is 0 Å². The van der Waals surface area contributed by atoms with Gasteiger partial charge in [0.1, 0.15) is 11.9 Å². The molecule has 1 saturated heterocycles. The Kier molecular flexibility index (Phi) is 5.78. The third-order valence-corrected chi connectivity index (χ3v) is 4.93. The van der Waals surface area contributed by atoms with E-state index in [9.17, 15) is 4.79 Å². The molecule has 2 aromatic rings. The molecule has 0 aliphatic carbocycles. The molecule has 3 rings (SSSR count). The SMILES string of the molecule is CCCC(Oc1cccc(C(=O)c2ccc(N)c(N)c2)c1)C1CCNC1. The Labute approximate surface area is 154 Å². The van der Waals surface area contributed by atoms with Crippen molar-refractivity contribution in [2.75, 3.05) is 24.6 Å². The fraction of sp³-hybridized carbons (Fsp3) is 0.381. The van der Waals surface area contributed by atoms with Crippen molar-refractivity contribution >= 4 is 17.2 Å². The highest BCUT2D eigenvalue weighted by Crippen LogP contribution is 2.25. The summed E-state index contributed by atoms with van der Waals surface area (Å²) in [7, 11) is 0. The number of carbonyl (C=O) groups excluding carboxylic acids is 1. The lowest BCUT2D eigenvalue weighted by Crippen LogP contribution is -2.28. The van der Waals surface area contributed by atoms with Gasteiger partial charge in [-0.05, 0) is 49.7 Å². The number of carbonyl (C=O) groups is 1. The van der Waals surface area contributed by atoms with Gasteiger partial charge in [0.15, 0.2) is 5.78 Å². The summed E-state index contributed by atoms with van der Waals surface area (Å²) >= 11 is 0. The topological polar surface area (TPSA) is 90.4 Å². The maximum Gasteiger partial charge on any atom is 0.193 e. The van der Waals surface area contributed by atoms with Crippen LogP contribution in [-0.2, 0) is 0 Å². The molecular formula is C21H27N3O2. The average molecular weight is 353 g/mol. The fourth-order valence-corrected chi connectivity index (χ4v) is 3.44. The van der Waals surface area contributed by atoms with E-state index in [4.69, 9.17) is 16.2 Å². The predicted molar refractivity (Wildman–Crippen MR) is 105 cm³/mol. The van der Waals surface area contributed by atoms with Crippen LogP contribution in [0.5, 0.6) is 5.75 Å². The van der Waals surface area contributed by atoms with Crippen molar-refractivity contribution in [2.24, 2.45) is 5.92 Å². The van der Waals surface area contributed by atoms with Crippen LogP contribution in [0.2, 0.25) is 0 Å². The molecule has 2 unspecified atom stereocenters. The number of nitrogens with two attached hydrogens (primary N) is 2. The molecule has 2 atom stereocenters. The van der Waals surface area contributed by atoms with Crippen molar-refractivity contribution in [3.8, 4) is 5.75 Å². The molecule has 138 valence electrons. The minimum Gasteiger partial charge on any atom is -0.490 e. The minimum atomic E-state index is -0.0864. The highest BCUT2D eigenvalue weighted by atomic mass is 16.5. The summed E-state index contributed by atoms with van der Waals surface area (Å²) in [6.07, 6.45) is 3.39. The van der Waals surface area contributed by atoms with Crippen LogP contribution in [0.25, 0.3) is 0 Å². The van der Waals surface area contributed by atoms with Crippen LogP contribution in [0.4, 0.5) is 11.4 Å². The van der Waals surface area contributed by atoms with Gasteiger partial charge >= 0.3 is 0 Å². The van der Waals surface area contributed by atoms with E-state index in [0.717, 1.165) is 38.1 Å². The number of rotatable bonds is 7. The third kappa shape index (κ3) is 4.17. The molecule has 0 amide bonds. The molecule has 0 aromatic heterocycles. The molecule has 1 aliphatic heterocycles. The van der Waals surface area contributed by atoms with Gasteiger partial charge < -0.3 is 21.5 Å². The summed E-state index contributed by atoms with van der Waals surface area (Å²) in [6, 6.07) is 12.4. The zero-order valence-electron chi connectivity index (χ0n) is 15.2. The molecule has 0 radical (unpaired) electrons. The maximum atomic E-state index is 12.8. The first kappa shape index (κ1) is 18.3. The first-order valence-electron chi connectivity index (χ1n) is 9.25. The van der Waals surface area contributed by atoms with Gasteiger partial charge in [-0.25, -0.2) is 0 Å². The summed E-state index contributed by atoms with van der Waals surface area (Å²) < 4.78 is 6.27. The molecule has 0 spiro atoms. The minimum absolute atomic E-state index is 0.0864. The molecule has 0 saturated carbocycles. The number of nitrogen functional groups attached to an aromatic ring is 2. The second-order valence-corrected chi connectivity index (χ2v) is 6.90. The van der Waals surface area contributed by atoms with Crippen LogP contribution in [0.15, 0.2) is 42.5 Å². The number of ether oxygens (including phenoxy) is 1. The van der Waals surface area contributed by atoms with E-state index in [1.807, 2.05) is 18.2 Å². The van der Waals surface area contributed by atoms with Crippen molar-refractivity contribution in [1.82, 2.24) is 5.32 Å². The molecule has 26 heavy (non-hydrogen) atoms. The summed E-state index contributed by atoms with van der Waals surface area (Å²) in [5, 5.41) is 3.40. The largest absolute Gasteiger partial charge is 0.490 e. The highest BCUT2D eigenvalue weighted by molar-refractivity contribution is 6.10.